The van der Waals surface area contributed by atoms with Gasteiger partial charge in [0.05, 0.1) is 5.69 Å². The van der Waals surface area contributed by atoms with E-state index in [1.54, 1.807) is 0 Å². The Morgan fingerprint density at radius 1 is 0.893 bits per heavy atom. The van der Waals surface area contributed by atoms with Crippen LogP contribution in [-0.4, -0.2) is 27.8 Å². The third-order valence-electron chi connectivity index (χ3n) is 5.24. The SMILES string of the molecule is c1ccc2c(c1)CC(CNc1nnc(Cc3ccncc3)c3ccccc13)N2. The van der Waals surface area contributed by atoms with Crippen molar-refractivity contribution in [1.29, 1.82) is 0 Å². The summed E-state index contributed by atoms with van der Waals surface area (Å²) in [5.74, 6) is 0.840. The van der Waals surface area contributed by atoms with Gasteiger partial charge in [-0.1, -0.05) is 42.5 Å². The van der Waals surface area contributed by atoms with Crippen molar-refractivity contribution in [3.05, 3.63) is 89.9 Å². The second kappa shape index (κ2) is 7.27. The van der Waals surface area contributed by atoms with Gasteiger partial charge < -0.3 is 10.6 Å². The number of fused-ring (bicyclic) bond motifs is 2. The van der Waals surface area contributed by atoms with Gasteiger partial charge in [-0.3, -0.25) is 4.98 Å². The minimum Gasteiger partial charge on any atom is -0.380 e. The highest BCUT2D eigenvalue weighted by atomic mass is 15.2. The summed E-state index contributed by atoms with van der Waals surface area (Å²) in [6.45, 7) is 0.803. The smallest absolute Gasteiger partial charge is 0.156 e. The first-order valence-electron chi connectivity index (χ1n) is 9.58. The monoisotopic (exact) mass is 367 g/mol. The van der Waals surface area contributed by atoms with Crippen LogP contribution in [0, 0.1) is 0 Å². The quantitative estimate of drug-likeness (QED) is 0.557. The van der Waals surface area contributed by atoms with Crippen LogP contribution in [0.25, 0.3) is 10.8 Å². The summed E-state index contributed by atoms with van der Waals surface area (Å²) >= 11 is 0. The lowest BCUT2D eigenvalue weighted by molar-refractivity contribution is 0.782. The zero-order chi connectivity index (χ0) is 18.8. The van der Waals surface area contributed by atoms with E-state index in [0.29, 0.717) is 6.04 Å². The Labute approximate surface area is 163 Å². The van der Waals surface area contributed by atoms with Crippen LogP contribution >= 0.6 is 0 Å². The van der Waals surface area contributed by atoms with Gasteiger partial charge in [0.15, 0.2) is 5.82 Å². The zero-order valence-electron chi connectivity index (χ0n) is 15.5. The number of anilines is 2. The molecule has 1 unspecified atom stereocenters. The van der Waals surface area contributed by atoms with Crippen LogP contribution in [0.15, 0.2) is 73.1 Å². The van der Waals surface area contributed by atoms with Gasteiger partial charge in [-0.15, -0.1) is 5.10 Å². The van der Waals surface area contributed by atoms with E-state index >= 15 is 0 Å². The lowest BCUT2D eigenvalue weighted by Crippen LogP contribution is -2.26. The maximum Gasteiger partial charge on any atom is 0.156 e. The number of rotatable bonds is 5. The van der Waals surface area contributed by atoms with E-state index in [-0.39, 0.29) is 0 Å². The molecule has 5 rings (SSSR count). The molecule has 4 aromatic rings. The van der Waals surface area contributed by atoms with E-state index < -0.39 is 0 Å². The van der Waals surface area contributed by atoms with Gasteiger partial charge in [0.2, 0.25) is 0 Å². The molecule has 28 heavy (non-hydrogen) atoms. The summed E-state index contributed by atoms with van der Waals surface area (Å²) in [6, 6.07) is 21.2. The van der Waals surface area contributed by atoms with Crippen LogP contribution in [0.1, 0.15) is 16.8 Å². The molecule has 5 nitrogen and oxygen atoms in total. The van der Waals surface area contributed by atoms with Gasteiger partial charge in [0, 0.05) is 47.9 Å². The Bertz CT molecular complexity index is 1090. The third-order valence-corrected chi connectivity index (χ3v) is 5.24. The number of nitrogens with one attached hydrogen (secondary N) is 2. The number of hydrogen-bond acceptors (Lipinski definition) is 5. The molecule has 0 fully saturated rings. The minimum atomic E-state index is 0.356. The number of hydrogen-bond donors (Lipinski definition) is 2. The molecule has 0 radical (unpaired) electrons. The maximum absolute atomic E-state index is 4.53. The zero-order valence-corrected chi connectivity index (χ0v) is 15.5. The van der Waals surface area contributed by atoms with Crippen molar-refractivity contribution >= 4 is 22.3 Å². The predicted octanol–water partition coefficient (Wildman–Crippen LogP) is 4.06. The van der Waals surface area contributed by atoms with E-state index in [1.807, 2.05) is 24.5 Å². The largest absolute Gasteiger partial charge is 0.380 e. The number of nitrogens with zero attached hydrogens (tertiary/aromatic N) is 3. The predicted molar refractivity (Wildman–Crippen MR) is 113 cm³/mol. The molecular weight excluding hydrogens is 346 g/mol. The molecule has 5 heteroatoms. The van der Waals surface area contributed by atoms with E-state index in [1.165, 1.54) is 16.8 Å². The number of benzene rings is 2. The van der Waals surface area contributed by atoms with Gasteiger partial charge in [-0.25, -0.2) is 0 Å². The van der Waals surface area contributed by atoms with E-state index in [9.17, 15) is 0 Å². The highest BCUT2D eigenvalue weighted by molar-refractivity contribution is 5.93. The lowest BCUT2D eigenvalue weighted by atomic mass is 10.0. The van der Waals surface area contributed by atoms with Gasteiger partial charge >= 0.3 is 0 Å². The molecule has 0 saturated carbocycles. The van der Waals surface area contributed by atoms with Gasteiger partial charge in [-0.2, -0.15) is 5.10 Å². The molecule has 1 aliphatic heterocycles. The standard InChI is InChI=1S/C23H21N5/c1-4-8-21-17(5-1)14-18(26-21)15-25-23-20-7-3-2-6-19(20)22(27-28-23)13-16-9-11-24-12-10-16/h1-12,18,26H,13-15H2,(H,25,28). The second-order valence-corrected chi connectivity index (χ2v) is 7.16. The molecule has 2 aromatic carbocycles. The van der Waals surface area contributed by atoms with Crippen LogP contribution in [-0.2, 0) is 12.8 Å². The Kier molecular flexibility index (Phi) is 4.33. The molecule has 2 N–H and O–H groups in total. The van der Waals surface area contributed by atoms with Crippen molar-refractivity contribution in [2.24, 2.45) is 0 Å². The van der Waals surface area contributed by atoms with Crippen LogP contribution in [0.4, 0.5) is 11.5 Å². The Balaban J connectivity index is 1.37. The van der Waals surface area contributed by atoms with Gasteiger partial charge in [0.25, 0.3) is 0 Å². The fourth-order valence-corrected chi connectivity index (χ4v) is 3.83. The first-order valence-corrected chi connectivity index (χ1v) is 9.58. The van der Waals surface area contributed by atoms with Crippen molar-refractivity contribution in [1.82, 2.24) is 15.2 Å². The molecule has 2 aromatic heterocycles. The van der Waals surface area contributed by atoms with E-state index in [4.69, 9.17) is 0 Å². The highest BCUT2D eigenvalue weighted by Gasteiger charge is 2.20. The van der Waals surface area contributed by atoms with Crippen LogP contribution < -0.4 is 10.6 Å². The Morgan fingerprint density at radius 2 is 1.68 bits per heavy atom. The van der Waals surface area contributed by atoms with Crippen molar-refractivity contribution in [2.45, 2.75) is 18.9 Å². The molecule has 1 atom stereocenters. The van der Waals surface area contributed by atoms with Crippen LogP contribution in [0.5, 0.6) is 0 Å². The molecule has 0 aliphatic carbocycles. The van der Waals surface area contributed by atoms with Crippen molar-refractivity contribution in [3.63, 3.8) is 0 Å². The summed E-state index contributed by atoms with van der Waals surface area (Å²) in [5, 5.41) is 18.4. The summed E-state index contributed by atoms with van der Waals surface area (Å²) in [6.07, 6.45) is 5.39. The van der Waals surface area contributed by atoms with Crippen molar-refractivity contribution < 1.29 is 0 Å². The average Bonchev–Trinajstić information content (AvgIpc) is 3.17. The lowest BCUT2D eigenvalue weighted by Gasteiger charge is -2.15. The van der Waals surface area contributed by atoms with E-state index in [2.05, 4.69) is 74.3 Å². The Morgan fingerprint density at radius 3 is 2.54 bits per heavy atom. The number of pyridine rings is 1. The molecule has 0 spiro atoms. The molecule has 1 aliphatic rings. The number of para-hydroxylation sites is 1. The topological polar surface area (TPSA) is 62.7 Å². The average molecular weight is 367 g/mol. The second-order valence-electron chi connectivity index (χ2n) is 7.16. The summed E-state index contributed by atoms with van der Waals surface area (Å²) < 4.78 is 0. The number of aromatic nitrogens is 3. The van der Waals surface area contributed by atoms with Crippen LogP contribution in [0.2, 0.25) is 0 Å². The molecule has 0 saturated heterocycles. The van der Waals surface area contributed by atoms with Gasteiger partial charge in [-0.05, 0) is 35.7 Å². The summed E-state index contributed by atoms with van der Waals surface area (Å²) in [5.41, 5.74) is 4.78. The summed E-state index contributed by atoms with van der Waals surface area (Å²) in [4.78, 5) is 4.09. The van der Waals surface area contributed by atoms with Gasteiger partial charge in [0.1, 0.15) is 0 Å². The minimum absolute atomic E-state index is 0.356. The summed E-state index contributed by atoms with van der Waals surface area (Å²) in [7, 11) is 0. The Hall–Kier alpha value is -3.47. The van der Waals surface area contributed by atoms with Crippen LogP contribution in [0.3, 0.4) is 0 Å². The molecule has 0 bridgehead atoms. The first-order chi connectivity index (χ1) is 13.9. The molecular formula is C23H21N5. The molecule has 0 amide bonds. The fraction of sp³-hybridized carbons (Fsp3) is 0.174. The highest BCUT2D eigenvalue weighted by Crippen LogP contribution is 2.27. The molecule has 138 valence electrons. The third kappa shape index (κ3) is 3.27. The first kappa shape index (κ1) is 16.7. The maximum atomic E-state index is 4.53. The van der Waals surface area contributed by atoms with Crippen molar-refractivity contribution in [2.75, 3.05) is 17.2 Å². The molecule has 3 heterocycles. The fourth-order valence-electron chi connectivity index (χ4n) is 3.83. The van der Waals surface area contributed by atoms with E-state index in [0.717, 1.165) is 41.7 Å². The normalized spacial score (nSPS) is 15.2. The van der Waals surface area contributed by atoms with Crippen molar-refractivity contribution in [3.8, 4) is 0 Å².